The van der Waals surface area contributed by atoms with Crippen molar-refractivity contribution < 1.29 is 9.59 Å². The van der Waals surface area contributed by atoms with E-state index in [-0.39, 0.29) is 11.8 Å². The fourth-order valence-electron chi connectivity index (χ4n) is 1.36. The monoisotopic (exact) mass is 185 g/mol. The predicted molar refractivity (Wildman–Crippen MR) is 48.2 cm³/mol. The molecule has 1 fully saturated rings. The molecule has 1 saturated heterocycles. The fraction of sp³-hybridized carbons (Fsp3) is 0.750. The third kappa shape index (κ3) is 3.02. The van der Waals surface area contributed by atoms with Gasteiger partial charge in [0.1, 0.15) is 0 Å². The van der Waals surface area contributed by atoms with E-state index in [1.165, 1.54) is 7.05 Å². The molecule has 0 unspecified atom stereocenters. The Kier molecular flexibility index (Phi) is 3.70. The third-order valence-corrected chi connectivity index (χ3v) is 2.17. The van der Waals surface area contributed by atoms with Crippen molar-refractivity contribution in [1.29, 1.82) is 0 Å². The van der Waals surface area contributed by atoms with Crippen molar-refractivity contribution in [2.45, 2.75) is 12.8 Å². The molecule has 74 valence electrons. The van der Waals surface area contributed by atoms with Crippen LogP contribution in [0.3, 0.4) is 0 Å². The largest absolute Gasteiger partial charge is 0.341 e. The zero-order valence-corrected chi connectivity index (χ0v) is 7.72. The molecule has 1 rings (SSSR count). The second-order valence-electron chi connectivity index (χ2n) is 3.09. The van der Waals surface area contributed by atoms with Crippen LogP contribution in [0.15, 0.2) is 0 Å². The lowest BCUT2D eigenvalue weighted by Crippen LogP contribution is -2.43. The molecule has 1 aliphatic rings. The smallest absolute Gasteiger partial charge is 0.321 e. The summed E-state index contributed by atoms with van der Waals surface area (Å²) < 4.78 is 0. The number of carbonyl (C=O) groups excluding carboxylic acids is 2. The number of piperidine rings is 1. The lowest BCUT2D eigenvalue weighted by molar-refractivity contribution is -0.124. The van der Waals surface area contributed by atoms with Crippen LogP contribution in [0.5, 0.6) is 0 Å². The number of amides is 3. The summed E-state index contributed by atoms with van der Waals surface area (Å²) in [5, 5.41) is 7.79. The van der Waals surface area contributed by atoms with Crippen molar-refractivity contribution in [2.24, 2.45) is 5.92 Å². The molecule has 0 aromatic carbocycles. The van der Waals surface area contributed by atoms with Gasteiger partial charge < -0.3 is 10.6 Å². The first-order valence-electron chi connectivity index (χ1n) is 4.47. The van der Waals surface area contributed by atoms with Gasteiger partial charge in [-0.15, -0.1) is 0 Å². The highest BCUT2D eigenvalue weighted by Gasteiger charge is 2.21. The van der Waals surface area contributed by atoms with Gasteiger partial charge in [0.25, 0.3) is 0 Å². The molecule has 0 bridgehead atoms. The Morgan fingerprint density at radius 2 is 1.92 bits per heavy atom. The topological polar surface area (TPSA) is 70.2 Å². The molecule has 13 heavy (non-hydrogen) atoms. The standard InChI is InChI=1S/C8H15N3O2/c1-9-8(13)11-7(12)6-2-4-10-5-3-6/h6,10H,2-5H2,1H3,(H2,9,11,12,13). The molecule has 1 aliphatic heterocycles. The average Bonchev–Trinajstić information content (AvgIpc) is 2.19. The van der Waals surface area contributed by atoms with E-state index in [2.05, 4.69) is 16.0 Å². The van der Waals surface area contributed by atoms with Crippen molar-refractivity contribution in [3.05, 3.63) is 0 Å². The summed E-state index contributed by atoms with van der Waals surface area (Å²) in [5.74, 6) is -0.181. The molecular weight excluding hydrogens is 170 g/mol. The minimum atomic E-state index is -0.427. The summed E-state index contributed by atoms with van der Waals surface area (Å²) in [6, 6.07) is -0.427. The highest BCUT2D eigenvalue weighted by molar-refractivity contribution is 5.95. The van der Waals surface area contributed by atoms with E-state index in [0.29, 0.717) is 0 Å². The minimum Gasteiger partial charge on any atom is -0.341 e. The SMILES string of the molecule is CNC(=O)NC(=O)C1CCNCC1. The van der Waals surface area contributed by atoms with Gasteiger partial charge in [-0.05, 0) is 25.9 Å². The molecular formula is C8H15N3O2. The number of nitrogens with one attached hydrogen (secondary N) is 3. The lowest BCUT2D eigenvalue weighted by atomic mass is 9.97. The van der Waals surface area contributed by atoms with Crippen LogP contribution < -0.4 is 16.0 Å². The highest BCUT2D eigenvalue weighted by Crippen LogP contribution is 2.10. The maximum atomic E-state index is 11.4. The van der Waals surface area contributed by atoms with E-state index in [1.807, 2.05) is 0 Å². The Balaban J connectivity index is 2.33. The molecule has 0 radical (unpaired) electrons. The molecule has 0 saturated carbocycles. The van der Waals surface area contributed by atoms with E-state index < -0.39 is 6.03 Å². The summed E-state index contributed by atoms with van der Waals surface area (Å²) >= 11 is 0. The number of hydrogen-bond donors (Lipinski definition) is 3. The van der Waals surface area contributed by atoms with Gasteiger partial charge >= 0.3 is 6.03 Å². The summed E-state index contributed by atoms with van der Waals surface area (Å²) in [7, 11) is 1.49. The van der Waals surface area contributed by atoms with Crippen LogP contribution in [0.4, 0.5) is 4.79 Å². The second kappa shape index (κ2) is 4.81. The summed E-state index contributed by atoms with van der Waals surface area (Å²) in [5.41, 5.74) is 0. The average molecular weight is 185 g/mol. The van der Waals surface area contributed by atoms with Crippen molar-refractivity contribution in [1.82, 2.24) is 16.0 Å². The van der Waals surface area contributed by atoms with Gasteiger partial charge in [-0.3, -0.25) is 10.1 Å². The molecule has 3 N–H and O–H groups in total. The lowest BCUT2D eigenvalue weighted by Gasteiger charge is -2.21. The van der Waals surface area contributed by atoms with Crippen molar-refractivity contribution in [2.75, 3.05) is 20.1 Å². The van der Waals surface area contributed by atoms with Crippen LogP contribution in [-0.4, -0.2) is 32.1 Å². The van der Waals surface area contributed by atoms with Gasteiger partial charge in [-0.1, -0.05) is 0 Å². The van der Waals surface area contributed by atoms with Gasteiger partial charge in [0.15, 0.2) is 0 Å². The molecule has 3 amide bonds. The van der Waals surface area contributed by atoms with Crippen molar-refractivity contribution in [3.8, 4) is 0 Å². The van der Waals surface area contributed by atoms with E-state index >= 15 is 0 Å². The summed E-state index contributed by atoms with van der Waals surface area (Å²) in [4.78, 5) is 22.2. The molecule has 5 heteroatoms. The fourth-order valence-corrected chi connectivity index (χ4v) is 1.36. The Bertz CT molecular complexity index is 200. The number of carbonyl (C=O) groups is 2. The molecule has 0 aromatic heterocycles. The Morgan fingerprint density at radius 3 is 2.46 bits per heavy atom. The minimum absolute atomic E-state index is 0.0152. The summed E-state index contributed by atoms with van der Waals surface area (Å²) in [6.45, 7) is 1.71. The Hall–Kier alpha value is -1.10. The van der Waals surface area contributed by atoms with E-state index in [9.17, 15) is 9.59 Å². The van der Waals surface area contributed by atoms with Crippen molar-refractivity contribution in [3.63, 3.8) is 0 Å². The van der Waals surface area contributed by atoms with Crippen LogP contribution in [-0.2, 0) is 4.79 Å². The van der Waals surface area contributed by atoms with Gasteiger partial charge in [0, 0.05) is 13.0 Å². The first-order valence-corrected chi connectivity index (χ1v) is 4.47. The maximum absolute atomic E-state index is 11.4. The van der Waals surface area contributed by atoms with E-state index in [0.717, 1.165) is 25.9 Å². The number of hydrogen-bond acceptors (Lipinski definition) is 3. The number of rotatable bonds is 1. The quantitative estimate of drug-likeness (QED) is 0.513. The zero-order valence-electron chi connectivity index (χ0n) is 7.72. The third-order valence-electron chi connectivity index (χ3n) is 2.17. The predicted octanol–water partition coefficient (Wildman–Crippen LogP) is -0.558. The zero-order chi connectivity index (χ0) is 9.68. The number of urea groups is 1. The van der Waals surface area contributed by atoms with Crippen LogP contribution in [0, 0.1) is 5.92 Å². The van der Waals surface area contributed by atoms with E-state index in [1.54, 1.807) is 0 Å². The molecule has 0 atom stereocenters. The van der Waals surface area contributed by atoms with Crippen LogP contribution in [0.1, 0.15) is 12.8 Å². The molecule has 0 spiro atoms. The molecule has 5 nitrogen and oxygen atoms in total. The molecule has 0 aromatic rings. The maximum Gasteiger partial charge on any atom is 0.321 e. The highest BCUT2D eigenvalue weighted by atomic mass is 16.2. The van der Waals surface area contributed by atoms with Gasteiger partial charge in [-0.25, -0.2) is 4.79 Å². The van der Waals surface area contributed by atoms with Crippen LogP contribution in [0.25, 0.3) is 0 Å². The first-order chi connectivity index (χ1) is 6.24. The molecule has 0 aliphatic carbocycles. The Morgan fingerprint density at radius 1 is 1.31 bits per heavy atom. The van der Waals surface area contributed by atoms with Crippen LogP contribution >= 0.6 is 0 Å². The van der Waals surface area contributed by atoms with Crippen LogP contribution in [0.2, 0.25) is 0 Å². The summed E-state index contributed by atoms with van der Waals surface area (Å²) in [6.07, 6.45) is 1.62. The van der Waals surface area contributed by atoms with Gasteiger partial charge in [-0.2, -0.15) is 0 Å². The van der Waals surface area contributed by atoms with E-state index in [4.69, 9.17) is 0 Å². The van der Waals surface area contributed by atoms with Crippen molar-refractivity contribution >= 4 is 11.9 Å². The normalized spacial score (nSPS) is 17.9. The number of imide groups is 1. The Labute approximate surface area is 77.3 Å². The molecule has 1 heterocycles. The second-order valence-corrected chi connectivity index (χ2v) is 3.09. The van der Waals surface area contributed by atoms with Gasteiger partial charge in [0.2, 0.25) is 5.91 Å². The van der Waals surface area contributed by atoms with Gasteiger partial charge in [0.05, 0.1) is 0 Å². The first kappa shape index (κ1) is 9.98.